The van der Waals surface area contributed by atoms with Crippen molar-refractivity contribution in [2.45, 2.75) is 27.0 Å². The molecule has 5 nitrogen and oxygen atoms in total. The van der Waals surface area contributed by atoms with Crippen LogP contribution in [0.2, 0.25) is 0 Å². The topological polar surface area (TPSA) is 55.8 Å². The molecule has 0 unspecified atom stereocenters. The largest absolute Gasteiger partial charge is 0.490 e. The van der Waals surface area contributed by atoms with Crippen LogP contribution in [-0.4, -0.2) is 22.7 Å². The van der Waals surface area contributed by atoms with Crippen molar-refractivity contribution in [3.63, 3.8) is 0 Å². The monoisotopic (exact) mass is 587 g/mol. The molecule has 0 N–H and O–H groups in total. The minimum absolute atomic E-state index is 0.247. The molecule has 5 rings (SSSR count). The van der Waals surface area contributed by atoms with Gasteiger partial charge in [-0.05, 0) is 87.2 Å². The number of aryl methyl sites for hydroxylation is 1. The number of benzene rings is 4. The van der Waals surface area contributed by atoms with Gasteiger partial charge in [-0.3, -0.25) is 14.5 Å². The van der Waals surface area contributed by atoms with Gasteiger partial charge in [0.25, 0.3) is 11.1 Å². The zero-order chi connectivity index (χ0) is 26.6. The Morgan fingerprint density at radius 3 is 2.50 bits per heavy atom. The van der Waals surface area contributed by atoms with Gasteiger partial charge in [-0.25, -0.2) is 0 Å². The summed E-state index contributed by atoms with van der Waals surface area (Å²) in [5.41, 5.74) is 3.85. The molecule has 38 heavy (non-hydrogen) atoms. The van der Waals surface area contributed by atoms with Gasteiger partial charge in [-0.1, -0.05) is 72.3 Å². The maximum absolute atomic E-state index is 13.1. The van der Waals surface area contributed by atoms with Crippen LogP contribution in [0.5, 0.6) is 11.5 Å². The fourth-order valence-electron chi connectivity index (χ4n) is 4.31. The molecule has 0 atom stereocenters. The van der Waals surface area contributed by atoms with E-state index in [4.69, 9.17) is 9.47 Å². The van der Waals surface area contributed by atoms with Crippen LogP contribution in [0, 0.1) is 6.92 Å². The number of carbonyl (C=O) groups is 2. The first kappa shape index (κ1) is 26.1. The summed E-state index contributed by atoms with van der Waals surface area (Å²) in [5.74, 6) is 0.850. The second kappa shape index (κ2) is 11.5. The quantitative estimate of drug-likeness (QED) is 0.195. The molecular weight excluding hydrogens is 562 g/mol. The maximum atomic E-state index is 13.1. The molecule has 1 aliphatic heterocycles. The van der Waals surface area contributed by atoms with Crippen LogP contribution in [0.3, 0.4) is 0 Å². The molecular formula is C31H26BrNO4S. The minimum atomic E-state index is -0.300. The number of nitrogens with zero attached hydrogens (tertiary/aromatic N) is 1. The fraction of sp³-hybridized carbons (Fsp3) is 0.161. The first-order valence-corrected chi connectivity index (χ1v) is 13.9. The molecule has 2 amide bonds. The van der Waals surface area contributed by atoms with Gasteiger partial charge in [0, 0.05) is 0 Å². The number of hydrogen-bond donors (Lipinski definition) is 0. The molecule has 1 fully saturated rings. The normalized spacial score (nSPS) is 14.5. The molecule has 0 saturated carbocycles. The number of carbonyl (C=O) groups excluding carboxylic acids is 2. The Kier molecular flexibility index (Phi) is 7.86. The van der Waals surface area contributed by atoms with Crippen molar-refractivity contribution in [1.82, 2.24) is 4.90 Å². The number of imide groups is 1. The zero-order valence-electron chi connectivity index (χ0n) is 21.1. The summed E-state index contributed by atoms with van der Waals surface area (Å²) in [7, 11) is 0. The summed E-state index contributed by atoms with van der Waals surface area (Å²) in [4.78, 5) is 27.4. The van der Waals surface area contributed by atoms with Crippen molar-refractivity contribution in [2.75, 3.05) is 6.61 Å². The number of amides is 2. The molecule has 1 heterocycles. The predicted molar refractivity (Wildman–Crippen MR) is 156 cm³/mol. The number of thioether (sulfide) groups is 1. The lowest BCUT2D eigenvalue weighted by molar-refractivity contribution is -0.123. The molecule has 4 aromatic carbocycles. The van der Waals surface area contributed by atoms with Crippen LogP contribution in [0.4, 0.5) is 4.79 Å². The minimum Gasteiger partial charge on any atom is -0.490 e. The summed E-state index contributed by atoms with van der Waals surface area (Å²) in [6.07, 6.45) is 1.72. The highest BCUT2D eigenvalue weighted by Gasteiger charge is 2.35. The Labute approximate surface area is 234 Å². The van der Waals surface area contributed by atoms with Crippen molar-refractivity contribution in [2.24, 2.45) is 0 Å². The third-order valence-corrected chi connectivity index (χ3v) is 7.71. The number of fused-ring (bicyclic) bond motifs is 1. The van der Waals surface area contributed by atoms with Crippen molar-refractivity contribution < 1.29 is 19.1 Å². The van der Waals surface area contributed by atoms with Gasteiger partial charge >= 0.3 is 0 Å². The van der Waals surface area contributed by atoms with E-state index in [1.54, 1.807) is 6.08 Å². The highest BCUT2D eigenvalue weighted by atomic mass is 79.9. The van der Waals surface area contributed by atoms with E-state index in [0.29, 0.717) is 34.1 Å². The smallest absolute Gasteiger partial charge is 0.293 e. The molecule has 0 bridgehead atoms. The first-order valence-electron chi connectivity index (χ1n) is 12.3. The molecule has 0 aliphatic carbocycles. The van der Waals surface area contributed by atoms with Crippen LogP contribution in [0.25, 0.3) is 16.8 Å². The third-order valence-electron chi connectivity index (χ3n) is 6.22. The van der Waals surface area contributed by atoms with Crippen LogP contribution in [-0.2, 0) is 17.9 Å². The van der Waals surface area contributed by atoms with E-state index in [2.05, 4.69) is 40.2 Å². The molecule has 0 spiro atoms. The van der Waals surface area contributed by atoms with Gasteiger partial charge in [0.15, 0.2) is 11.5 Å². The van der Waals surface area contributed by atoms with Crippen LogP contribution >= 0.6 is 27.7 Å². The second-order valence-corrected chi connectivity index (χ2v) is 10.8. The number of hydrogen-bond acceptors (Lipinski definition) is 5. The van der Waals surface area contributed by atoms with E-state index in [1.807, 2.05) is 68.4 Å². The van der Waals surface area contributed by atoms with Gasteiger partial charge in [-0.2, -0.15) is 0 Å². The Hall–Kier alpha value is -3.55. The van der Waals surface area contributed by atoms with E-state index >= 15 is 0 Å². The third kappa shape index (κ3) is 5.64. The molecule has 1 saturated heterocycles. The summed E-state index contributed by atoms with van der Waals surface area (Å²) in [5, 5.41) is 2.02. The molecule has 4 aromatic rings. The van der Waals surface area contributed by atoms with Crippen molar-refractivity contribution in [3.8, 4) is 11.5 Å². The molecule has 192 valence electrons. The van der Waals surface area contributed by atoms with Gasteiger partial charge in [0.1, 0.15) is 6.61 Å². The van der Waals surface area contributed by atoms with E-state index in [-0.39, 0.29) is 17.7 Å². The molecule has 7 heteroatoms. The lowest BCUT2D eigenvalue weighted by atomic mass is 10.1. The van der Waals surface area contributed by atoms with Crippen molar-refractivity contribution in [3.05, 3.63) is 110 Å². The zero-order valence-corrected chi connectivity index (χ0v) is 23.5. The van der Waals surface area contributed by atoms with Crippen LogP contribution in [0.1, 0.15) is 29.2 Å². The Morgan fingerprint density at radius 1 is 0.947 bits per heavy atom. The molecule has 0 radical (unpaired) electrons. The van der Waals surface area contributed by atoms with Gasteiger partial charge in [0.2, 0.25) is 0 Å². The number of halogens is 1. The first-order chi connectivity index (χ1) is 18.4. The van der Waals surface area contributed by atoms with E-state index in [1.165, 1.54) is 4.90 Å². The second-order valence-electron chi connectivity index (χ2n) is 8.94. The van der Waals surface area contributed by atoms with Crippen LogP contribution < -0.4 is 9.47 Å². The SMILES string of the molecule is CCOc1cc(/C=C2/SC(=O)N(Cc3ccc(C)cc3)C2=O)cc(Br)c1OCc1cccc2ccccc12. The van der Waals surface area contributed by atoms with Crippen molar-refractivity contribution >= 4 is 55.7 Å². The standard InChI is InChI=1S/C31H26BrNO4S/c1-3-36-27-16-22(17-28-30(34)33(31(35)38-28)18-21-13-11-20(2)12-14-21)15-26(32)29(27)37-19-24-9-6-8-23-7-4-5-10-25(23)24/h4-17H,3,18-19H2,1-2H3/b28-17+. The van der Waals surface area contributed by atoms with Crippen LogP contribution in [0.15, 0.2) is 88.2 Å². The number of rotatable bonds is 8. The number of ether oxygens (including phenoxy) is 2. The lowest BCUT2D eigenvalue weighted by Gasteiger charge is -2.16. The van der Waals surface area contributed by atoms with E-state index in [0.717, 1.165) is 44.8 Å². The average Bonchev–Trinajstić information content (AvgIpc) is 3.17. The molecule has 0 aromatic heterocycles. The highest BCUT2D eigenvalue weighted by Crippen LogP contribution is 2.40. The van der Waals surface area contributed by atoms with Gasteiger partial charge in [0.05, 0.1) is 22.5 Å². The van der Waals surface area contributed by atoms with Gasteiger partial charge in [-0.15, -0.1) is 0 Å². The van der Waals surface area contributed by atoms with E-state index in [9.17, 15) is 9.59 Å². The van der Waals surface area contributed by atoms with Crippen molar-refractivity contribution in [1.29, 1.82) is 0 Å². The summed E-state index contributed by atoms with van der Waals surface area (Å²) in [6.45, 7) is 4.98. The average molecular weight is 589 g/mol. The summed E-state index contributed by atoms with van der Waals surface area (Å²) >= 11 is 4.57. The predicted octanol–water partition coefficient (Wildman–Crippen LogP) is 8.12. The Morgan fingerprint density at radius 2 is 1.71 bits per heavy atom. The highest BCUT2D eigenvalue weighted by molar-refractivity contribution is 9.10. The molecule has 1 aliphatic rings. The Bertz CT molecular complexity index is 1540. The summed E-state index contributed by atoms with van der Waals surface area (Å²) in [6, 6.07) is 25.9. The van der Waals surface area contributed by atoms with E-state index < -0.39 is 0 Å². The van der Waals surface area contributed by atoms with Gasteiger partial charge < -0.3 is 9.47 Å². The maximum Gasteiger partial charge on any atom is 0.293 e. The lowest BCUT2D eigenvalue weighted by Crippen LogP contribution is -2.27. The fourth-order valence-corrected chi connectivity index (χ4v) is 5.72. The summed E-state index contributed by atoms with van der Waals surface area (Å²) < 4.78 is 12.8. The Balaban J connectivity index is 1.38.